The molecule has 5 nitrogen and oxygen atoms in total. The first-order chi connectivity index (χ1) is 11.1. The molecule has 3 N–H and O–H groups in total. The number of ether oxygens (including phenoxy) is 1. The first-order valence-electron chi connectivity index (χ1n) is 8.35. The van der Waals surface area contributed by atoms with Crippen LogP contribution in [0.5, 0.6) is 0 Å². The molecular weight excluding hydrogens is 328 g/mol. The number of amides is 1. The van der Waals surface area contributed by atoms with Crippen molar-refractivity contribution in [2.75, 3.05) is 6.61 Å². The Balaban J connectivity index is 0.00000288. The number of benzene rings is 1. The summed E-state index contributed by atoms with van der Waals surface area (Å²) in [5, 5.41) is 2.83. The Labute approximate surface area is 149 Å². The maximum atomic E-state index is 12.3. The number of carbonyl (C=O) groups excluding carboxylic acids is 2. The van der Waals surface area contributed by atoms with Crippen LogP contribution in [0.25, 0.3) is 0 Å². The van der Waals surface area contributed by atoms with Crippen molar-refractivity contribution in [2.45, 2.75) is 51.1 Å². The first-order valence-corrected chi connectivity index (χ1v) is 8.35. The normalized spacial score (nSPS) is 20.8. The third kappa shape index (κ3) is 6.13. The number of rotatable bonds is 7. The molecule has 134 valence electrons. The second-order valence-corrected chi connectivity index (χ2v) is 6.12. The zero-order valence-electron chi connectivity index (χ0n) is 14.1. The summed E-state index contributed by atoms with van der Waals surface area (Å²) >= 11 is 0. The summed E-state index contributed by atoms with van der Waals surface area (Å²) in [4.78, 5) is 24.4. The third-order valence-electron chi connectivity index (χ3n) is 4.35. The van der Waals surface area contributed by atoms with Gasteiger partial charge in [0.25, 0.3) is 0 Å². The van der Waals surface area contributed by atoms with E-state index < -0.39 is 6.04 Å². The van der Waals surface area contributed by atoms with Crippen molar-refractivity contribution >= 4 is 24.3 Å². The molecule has 0 spiro atoms. The molecule has 1 aromatic rings. The van der Waals surface area contributed by atoms with E-state index in [1.165, 1.54) is 0 Å². The lowest BCUT2D eigenvalue weighted by Gasteiger charge is -2.20. The first kappa shape index (κ1) is 20.5. The Morgan fingerprint density at radius 3 is 2.58 bits per heavy atom. The van der Waals surface area contributed by atoms with Gasteiger partial charge in [-0.15, -0.1) is 12.4 Å². The van der Waals surface area contributed by atoms with Gasteiger partial charge < -0.3 is 15.8 Å². The Hall–Kier alpha value is -1.59. The number of esters is 1. The Bertz CT molecular complexity index is 524. The lowest BCUT2D eigenvalue weighted by molar-refractivity contribution is -0.147. The number of hydrogen-bond donors (Lipinski definition) is 2. The minimum atomic E-state index is -0.650. The maximum absolute atomic E-state index is 12.3. The molecule has 0 heterocycles. The number of nitrogens with one attached hydrogen (secondary N) is 1. The van der Waals surface area contributed by atoms with E-state index in [4.69, 9.17) is 10.5 Å². The van der Waals surface area contributed by atoms with Crippen molar-refractivity contribution in [3.8, 4) is 0 Å². The number of hydrogen-bond acceptors (Lipinski definition) is 4. The van der Waals surface area contributed by atoms with Crippen molar-refractivity contribution in [3.63, 3.8) is 0 Å². The number of carbonyl (C=O) groups is 2. The van der Waals surface area contributed by atoms with Gasteiger partial charge in [-0.1, -0.05) is 36.8 Å². The molecule has 1 amide bonds. The fourth-order valence-corrected chi connectivity index (χ4v) is 3.10. The van der Waals surface area contributed by atoms with Crippen LogP contribution >= 0.6 is 12.4 Å². The molecule has 0 aromatic heterocycles. The third-order valence-corrected chi connectivity index (χ3v) is 4.35. The van der Waals surface area contributed by atoms with E-state index in [-0.39, 0.29) is 36.2 Å². The SMILES string of the molecule is CCOC(=O)C(Cc1ccccc1)NC(=O)C[C@@H]1CCC[C@H]1N.Cl. The van der Waals surface area contributed by atoms with Crippen molar-refractivity contribution < 1.29 is 14.3 Å². The predicted molar refractivity (Wildman–Crippen MR) is 95.9 cm³/mol. The van der Waals surface area contributed by atoms with E-state index in [1.54, 1.807) is 6.92 Å². The fraction of sp³-hybridized carbons (Fsp3) is 0.556. The summed E-state index contributed by atoms with van der Waals surface area (Å²) in [6, 6.07) is 9.06. The molecule has 1 saturated carbocycles. The molecule has 1 fully saturated rings. The maximum Gasteiger partial charge on any atom is 0.328 e. The number of nitrogens with two attached hydrogens (primary N) is 1. The molecule has 1 aromatic carbocycles. The van der Waals surface area contributed by atoms with Crippen molar-refractivity contribution in [2.24, 2.45) is 11.7 Å². The fourth-order valence-electron chi connectivity index (χ4n) is 3.10. The van der Waals surface area contributed by atoms with Gasteiger partial charge in [-0.05, 0) is 31.2 Å². The molecule has 2 rings (SSSR count). The van der Waals surface area contributed by atoms with Crippen molar-refractivity contribution in [1.29, 1.82) is 0 Å². The van der Waals surface area contributed by atoms with Crippen LogP contribution in [0.4, 0.5) is 0 Å². The van der Waals surface area contributed by atoms with Gasteiger partial charge in [-0.25, -0.2) is 4.79 Å². The highest BCUT2D eigenvalue weighted by Gasteiger charge is 2.28. The molecule has 3 atom stereocenters. The average Bonchev–Trinajstić information content (AvgIpc) is 2.93. The second-order valence-electron chi connectivity index (χ2n) is 6.12. The molecule has 0 bridgehead atoms. The minimum absolute atomic E-state index is 0. The molecular formula is C18H27ClN2O3. The lowest BCUT2D eigenvalue weighted by atomic mass is 9.99. The van der Waals surface area contributed by atoms with Crippen LogP contribution in [0.15, 0.2) is 30.3 Å². The highest BCUT2D eigenvalue weighted by atomic mass is 35.5. The summed E-state index contributed by atoms with van der Waals surface area (Å²) in [6.07, 6.45) is 3.85. The van der Waals surface area contributed by atoms with Gasteiger partial charge in [0, 0.05) is 18.9 Å². The molecule has 6 heteroatoms. The van der Waals surface area contributed by atoms with Gasteiger partial charge in [0.05, 0.1) is 6.61 Å². The van der Waals surface area contributed by atoms with E-state index >= 15 is 0 Å². The topological polar surface area (TPSA) is 81.4 Å². The predicted octanol–water partition coefficient (Wildman–Crippen LogP) is 2.22. The molecule has 0 aliphatic heterocycles. The van der Waals surface area contributed by atoms with E-state index in [9.17, 15) is 9.59 Å². The Morgan fingerprint density at radius 2 is 2.00 bits per heavy atom. The lowest BCUT2D eigenvalue weighted by Crippen LogP contribution is -2.44. The molecule has 24 heavy (non-hydrogen) atoms. The van der Waals surface area contributed by atoms with Crippen LogP contribution in [0.2, 0.25) is 0 Å². The van der Waals surface area contributed by atoms with Gasteiger partial charge >= 0.3 is 5.97 Å². The van der Waals surface area contributed by atoms with Gasteiger partial charge in [0.1, 0.15) is 6.04 Å². The molecule has 0 saturated heterocycles. The largest absolute Gasteiger partial charge is 0.464 e. The van der Waals surface area contributed by atoms with Gasteiger partial charge in [-0.2, -0.15) is 0 Å². The van der Waals surface area contributed by atoms with Crippen LogP contribution in [-0.2, 0) is 20.7 Å². The summed E-state index contributed by atoms with van der Waals surface area (Å²) in [5.74, 6) is -0.295. The summed E-state index contributed by atoms with van der Waals surface area (Å²) < 4.78 is 5.09. The van der Waals surface area contributed by atoms with Gasteiger partial charge in [-0.3, -0.25) is 4.79 Å². The Morgan fingerprint density at radius 1 is 1.29 bits per heavy atom. The quantitative estimate of drug-likeness (QED) is 0.735. The van der Waals surface area contributed by atoms with E-state index in [0.717, 1.165) is 24.8 Å². The van der Waals surface area contributed by atoms with Crippen LogP contribution in [0, 0.1) is 5.92 Å². The molecule has 1 aliphatic carbocycles. The average molecular weight is 355 g/mol. The minimum Gasteiger partial charge on any atom is -0.464 e. The Kier molecular flexibility index (Phi) is 8.79. The van der Waals surface area contributed by atoms with E-state index in [2.05, 4.69) is 5.32 Å². The molecule has 1 aliphatic rings. The van der Waals surface area contributed by atoms with Crippen LogP contribution < -0.4 is 11.1 Å². The smallest absolute Gasteiger partial charge is 0.328 e. The van der Waals surface area contributed by atoms with Crippen molar-refractivity contribution in [1.82, 2.24) is 5.32 Å². The van der Waals surface area contributed by atoms with Crippen molar-refractivity contribution in [3.05, 3.63) is 35.9 Å². The highest BCUT2D eigenvalue weighted by molar-refractivity contribution is 5.85. The van der Waals surface area contributed by atoms with Crippen LogP contribution in [-0.4, -0.2) is 30.6 Å². The number of halogens is 1. The standard InChI is InChI=1S/C18H26N2O3.ClH/c1-2-23-18(22)16(11-13-7-4-3-5-8-13)20-17(21)12-14-9-6-10-15(14)19;/h3-5,7-8,14-16H,2,6,9-12,19H2,1H3,(H,20,21);1H/t14-,15+,16?;/m0./s1. The summed E-state index contributed by atoms with van der Waals surface area (Å²) in [6.45, 7) is 2.06. The van der Waals surface area contributed by atoms with Crippen LogP contribution in [0.1, 0.15) is 38.2 Å². The van der Waals surface area contributed by atoms with Crippen LogP contribution in [0.3, 0.4) is 0 Å². The molecule has 0 radical (unpaired) electrons. The van der Waals surface area contributed by atoms with Gasteiger partial charge in [0.2, 0.25) is 5.91 Å². The summed E-state index contributed by atoms with van der Waals surface area (Å²) in [7, 11) is 0. The zero-order chi connectivity index (χ0) is 16.7. The summed E-state index contributed by atoms with van der Waals surface area (Å²) in [5.41, 5.74) is 7.01. The zero-order valence-corrected chi connectivity index (χ0v) is 14.9. The van der Waals surface area contributed by atoms with E-state index in [0.29, 0.717) is 19.4 Å². The van der Waals surface area contributed by atoms with E-state index in [1.807, 2.05) is 30.3 Å². The second kappa shape index (κ2) is 10.3. The highest BCUT2D eigenvalue weighted by Crippen LogP contribution is 2.26. The monoisotopic (exact) mass is 354 g/mol. The van der Waals surface area contributed by atoms with Gasteiger partial charge in [0.15, 0.2) is 0 Å². The molecule has 1 unspecified atom stereocenters.